The summed E-state index contributed by atoms with van der Waals surface area (Å²) in [6.07, 6.45) is 4.00. The number of esters is 1. The zero-order chi connectivity index (χ0) is 11.0. The number of allylic oxidation sites excluding steroid dienone is 2. The number of carbonyl (C=O) groups excluding carboxylic acids is 2. The molecule has 2 aliphatic heterocycles. The van der Waals surface area contributed by atoms with Crippen LogP contribution in [-0.4, -0.2) is 17.9 Å². The van der Waals surface area contributed by atoms with E-state index >= 15 is 0 Å². The largest absolute Gasteiger partial charge is 0.461 e. The van der Waals surface area contributed by atoms with Crippen molar-refractivity contribution in [1.29, 1.82) is 0 Å². The lowest BCUT2D eigenvalue weighted by Gasteiger charge is -2.31. The van der Waals surface area contributed by atoms with Crippen LogP contribution in [0.1, 0.15) is 33.1 Å². The normalized spacial score (nSPS) is 39.9. The molecule has 0 aromatic carbocycles. The lowest BCUT2D eigenvalue weighted by Crippen LogP contribution is -2.44. The molecule has 0 spiro atoms. The van der Waals surface area contributed by atoms with Crippen molar-refractivity contribution in [3.8, 4) is 0 Å². The average molecular weight is 208 g/mol. The van der Waals surface area contributed by atoms with E-state index in [1.807, 2.05) is 19.9 Å². The van der Waals surface area contributed by atoms with Gasteiger partial charge in [0, 0.05) is 0 Å². The van der Waals surface area contributed by atoms with Crippen molar-refractivity contribution in [3.05, 3.63) is 11.6 Å². The van der Waals surface area contributed by atoms with E-state index in [1.54, 1.807) is 0 Å². The molecular weight excluding hydrogens is 192 g/mol. The van der Waals surface area contributed by atoms with Crippen LogP contribution >= 0.6 is 0 Å². The van der Waals surface area contributed by atoms with Crippen molar-refractivity contribution >= 4 is 11.8 Å². The smallest absolute Gasteiger partial charge is 0.317 e. The number of carbonyl (C=O) groups is 2. The molecule has 2 heterocycles. The number of hydrogen-bond donors (Lipinski definition) is 0. The van der Waals surface area contributed by atoms with Gasteiger partial charge in [-0.25, -0.2) is 0 Å². The molecule has 0 aromatic rings. The van der Waals surface area contributed by atoms with Crippen molar-refractivity contribution in [3.63, 3.8) is 0 Å². The second-order valence-corrected chi connectivity index (χ2v) is 4.54. The summed E-state index contributed by atoms with van der Waals surface area (Å²) < 4.78 is 5.31. The highest BCUT2D eigenvalue weighted by atomic mass is 16.5. The van der Waals surface area contributed by atoms with Crippen LogP contribution in [0.3, 0.4) is 0 Å². The molecule has 0 saturated carbocycles. The molecule has 1 aliphatic carbocycles. The molecule has 0 amide bonds. The van der Waals surface area contributed by atoms with Gasteiger partial charge >= 0.3 is 5.97 Å². The molecule has 3 aliphatic rings. The highest BCUT2D eigenvalue weighted by Crippen LogP contribution is 2.30. The fraction of sp³-hybridized carbons (Fsp3) is 0.667. The Labute approximate surface area is 89.5 Å². The zero-order valence-corrected chi connectivity index (χ0v) is 9.16. The second-order valence-electron chi connectivity index (χ2n) is 4.54. The van der Waals surface area contributed by atoms with Crippen LogP contribution in [0.4, 0.5) is 0 Å². The number of ketones is 1. The summed E-state index contributed by atoms with van der Waals surface area (Å²) in [6, 6.07) is 0. The van der Waals surface area contributed by atoms with E-state index in [2.05, 4.69) is 0 Å². The van der Waals surface area contributed by atoms with E-state index in [-0.39, 0.29) is 23.8 Å². The third-order valence-corrected chi connectivity index (χ3v) is 3.43. The van der Waals surface area contributed by atoms with E-state index in [0.717, 1.165) is 12.8 Å². The molecule has 82 valence electrons. The van der Waals surface area contributed by atoms with Gasteiger partial charge in [0.2, 0.25) is 0 Å². The number of Topliss-reactive ketones (excluding diaryl/α,β-unsaturated/α-hetero) is 1. The minimum absolute atomic E-state index is 0.0576. The molecule has 1 fully saturated rings. The first-order valence-electron chi connectivity index (χ1n) is 5.49. The minimum atomic E-state index is -0.552. The highest BCUT2D eigenvalue weighted by Gasteiger charge is 2.42. The summed E-state index contributed by atoms with van der Waals surface area (Å²) in [5.41, 5.74) is 1.25. The first kappa shape index (κ1) is 10.4. The quantitative estimate of drug-likeness (QED) is 0.347. The maximum absolute atomic E-state index is 11.9. The van der Waals surface area contributed by atoms with Gasteiger partial charge in [0.1, 0.15) is 12.0 Å². The van der Waals surface area contributed by atoms with Crippen LogP contribution < -0.4 is 0 Å². The van der Waals surface area contributed by atoms with E-state index < -0.39 is 5.92 Å². The summed E-state index contributed by atoms with van der Waals surface area (Å²) in [5, 5.41) is 0. The second kappa shape index (κ2) is 3.80. The molecule has 3 heteroatoms. The van der Waals surface area contributed by atoms with Crippen LogP contribution in [0.5, 0.6) is 0 Å². The molecule has 0 aromatic heterocycles. The predicted molar refractivity (Wildman–Crippen MR) is 55.1 cm³/mol. The van der Waals surface area contributed by atoms with E-state index in [4.69, 9.17) is 4.74 Å². The average Bonchev–Trinajstić information content (AvgIpc) is 2.29. The van der Waals surface area contributed by atoms with Crippen molar-refractivity contribution in [2.45, 2.75) is 39.2 Å². The fourth-order valence-electron chi connectivity index (χ4n) is 2.26. The lowest BCUT2D eigenvalue weighted by atomic mass is 9.85. The Morgan fingerprint density at radius 1 is 1.40 bits per heavy atom. The monoisotopic (exact) mass is 208 g/mol. The zero-order valence-electron chi connectivity index (χ0n) is 9.16. The van der Waals surface area contributed by atoms with E-state index in [0.29, 0.717) is 6.42 Å². The Hall–Kier alpha value is -1.12. The Bertz CT molecular complexity index is 330. The van der Waals surface area contributed by atoms with Crippen LogP contribution in [0.15, 0.2) is 11.6 Å². The molecule has 1 saturated heterocycles. The lowest BCUT2D eigenvalue weighted by molar-refractivity contribution is -0.169. The minimum Gasteiger partial charge on any atom is -0.461 e. The first-order chi connectivity index (χ1) is 7.09. The molecule has 0 radical (unpaired) electrons. The molecule has 0 N–H and O–H groups in total. The van der Waals surface area contributed by atoms with Gasteiger partial charge in [0.25, 0.3) is 0 Å². The van der Waals surface area contributed by atoms with Gasteiger partial charge in [0.05, 0.1) is 5.92 Å². The topological polar surface area (TPSA) is 43.4 Å². The van der Waals surface area contributed by atoms with Crippen molar-refractivity contribution in [2.75, 3.05) is 0 Å². The molecule has 0 unspecified atom stereocenters. The van der Waals surface area contributed by atoms with E-state index in [9.17, 15) is 9.59 Å². The Morgan fingerprint density at radius 2 is 2.13 bits per heavy atom. The van der Waals surface area contributed by atoms with Gasteiger partial charge in [-0.3, -0.25) is 9.59 Å². The first-order valence-corrected chi connectivity index (χ1v) is 5.49. The number of hydrogen-bond acceptors (Lipinski definition) is 3. The van der Waals surface area contributed by atoms with Crippen LogP contribution in [0, 0.1) is 11.8 Å². The Kier molecular flexibility index (Phi) is 2.63. The number of ether oxygens (including phenoxy) is 1. The summed E-state index contributed by atoms with van der Waals surface area (Å²) in [5.74, 6) is -0.951. The van der Waals surface area contributed by atoms with Gasteiger partial charge in [-0.15, -0.1) is 0 Å². The molecule has 3 nitrogen and oxygen atoms in total. The summed E-state index contributed by atoms with van der Waals surface area (Å²) in [4.78, 5) is 23.5. The van der Waals surface area contributed by atoms with Crippen LogP contribution in [0.2, 0.25) is 0 Å². The molecule has 3 atom stereocenters. The summed E-state index contributed by atoms with van der Waals surface area (Å²) in [6.45, 7) is 3.91. The molecule has 3 rings (SSSR count). The molecular formula is C12H16O3. The maximum atomic E-state index is 11.9. The van der Waals surface area contributed by atoms with Gasteiger partial charge < -0.3 is 4.74 Å². The standard InChI is InChI=1S/C12H16O3/c1-7-3-5-9-11(13)8(2)10(6-4-7)15-12(9)14/h3,8-10H,4-6H2,1-2H3/b7-3-/t8-,9+,10-/m0/s1. The Balaban J connectivity index is 2.31. The van der Waals surface area contributed by atoms with Gasteiger partial charge in [0.15, 0.2) is 5.78 Å². The predicted octanol–water partition coefficient (Wildman–Crippen LogP) is 1.86. The van der Waals surface area contributed by atoms with Crippen LogP contribution in [-0.2, 0) is 14.3 Å². The maximum Gasteiger partial charge on any atom is 0.317 e. The van der Waals surface area contributed by atoms with Crippen molar-refractivity contribution < 1.29 is 14.3 Å². The summed E-state index contributed by atoms with van der Waals surface area (Å²) in [7, 11) is 0. The number of fused-ring (bicyclic) bond motifs is 5. The SMILES string of the molecule is C/C1=C/C[C@H]2C(=O)O[C@@H](CC1)[C@H](C)C2=O. The third kappa shape index (κ3) is 1.83. The highest BCUT2D eigenvalue weighted by molar-refractivity contribution is 6.02. The summed E-state index contributed by atoms with van der Waals surface area (Å²) >= 11 is 0. The van der Waals surface area contributed by atoms with Crippen molar-refractivity contribution in [1.82, 2.24) is 0 Å². The molecule has 2 bridgehead atoms. The van der Waals surface area contributed by atoms with Gasteiger partial charge in [-0.1, -0.05) is 18.6 Å². The third-order valence-electron chi connectivity index (χ3n) is 3.43. The van der Waals surface area contributed by atoms with Gasteiger partial charge in [-0.05, 0) is 26.2 Å². The van der Waals surface area contributed by atoms with Crippen LogP contribution in [0.25, 0.3) is 0 Å². The van der Waals surface area contributed by atoms with Gasteiger partial charge in [-0.2, -0.15) is 0 Å². The van der Waals surface area contributed by atoms with E-state index in [1.165, 1.54) is 5.57 Å². The fourth-order valence-corrected chi connectivity index (χ4v) is 2.26. The Morgan fingerprint density at radius 3 is 2.87 bits per heavy atom. The van der Waals surface area contributed by atoms with Crippen molar-refractivity contribution in [2.24, 2.45) is 11.8 Å². The number of rotatable bonds is 0. The molecule has 15 heavy (non-hydrogen) atoms.